The minimum absolute atomic E-state index is 0.0647. The molecule has 1 aromatic rings. The first-order chi connectivity index (χ1) is 10.0. The van der Waals surface area contributed by atoms with Gasteiger partial charge in [-0.1, -0.05) is 6.07 Å². The van der Waals surface area contributed by atoms with Crippen LogP contribution in [0.4, 0.5) is 4.39 Å². The molecule has 1 aromatic carbocycles. The Labute approximate surface area is 124 Å². The smallest absolute Gasteiger partial charge is 0.212 e. The second-order valence-electron chi connectivity index (χ2n) is 5.79. The van der Waals surface area contributed by atoms with Gasteiger partial charge in [0, 0.05) is 12.6 Å². The largest absolute Gasteiger partial charge is 0.378 e. The van der Waals surface area contributed by atoms with Crippen molar-refractivity contribution < 1.29 is 17.5 Å². The number of halogens is 1. The zero-order chi connectivity index (χ0) is 14.9. The number of fused-ring (bicyclic) bond motifs is 1. The first-order valence-corrected chi connectivity index (χ1v) is 9.09. The predicted molar refractivity (Wildman–Crippen MR) is 78.0 cm³/mol. The van der Waals surface area contributed by atoms with E-state index in [0.29, 0.717) is 12.8 Å². The lowest BCUT2D eigenvalue weighted by Crippen LogP contribution is -2.31. The van der Waals surface area contributed by atoms with E-state index in [1.807, 2.05) is 0 Å². The predicted octanol–water partition coefficient (Wildman–Crippen LogP) is 2.30. The van der Waals surface area contributed by atoms with Gasteiger partial charge in [-0.2, -0.15) is 0 Å². The molecule has 2 atom stereocenters. The van der Waals surface area contributed by atoms with Crippen LogP contribution >= 0.6 is 0 Å². The number of hydrogen-bond donors (Lipinski definition) is 1. The molecule has 1 N–H and O–H groups in total. The number of aryl methyl sites for hydroxylation is 1. The van der Waals surface area contributed by atoms with E-state index in [1.54, 1.807) is 6.07 Å². The Hall–Kier alpha value is -0.980. The van der Waals surface area contributed by atoms with Crippen molar-refractivity contribution in [1.82, 2.24) is 4.72 Å². The molecule has 116 valence electrons. The summed E-state index contributed by atoms with van der Waals surface area (Å²) in [5, 5.41) is 0. The van der Waals surface area contributed by atoms with E-state index in [0.717, 1.165) is 37.0 Å². The van der Waals surface area contributed by atoms with E-state index in [1.165, 1.54) is 12.1 Å². The van der Waals surface area contributed by atoms with Gasteiger partial charge in [-0.05, 0) is 55.4 Å². The van der Waals surface area contributed by atoms with E-state index >= 15 is 0 Å². The van der Waals surface area contributed by atoms with Gasteiger partial charge in [0.25, 0.3) is 0 Å². The maximum Gasteiger partial charge on any atom is 0.212 e. The van der Waals surface area contributed by atoms with Gasteiger partial charge in [0.15, 0.2) is 0 Å². The topological polar surface area (TPSA) is 55.4 Å². The van der Waals surface area contributed by atoms with Crippen molar-refractivity contribution in [2.24, 2.45) is 0 Å². The average molecular weight is 313 g/mol. The lowest BCUT2D eigenvalue weighted by atomic mass is 10.1. The highest BCUT2D eigenvalue weighted by molar-refractivity contribution is 7.89. The summed E-state index contributed by atoms with van der Waals surface area (Å²) in [5.74, 6) is -0.252. The van der Waals surface area contributed by atoms with Crippen molar-refractivity contribution in [3.8, 4) is 0 Å². The number of benzene rings is 1. The third-order valence-corrected chi connectivity index (χ3v) is 5.66. The van der Waals surface area contributed by atoms with Crippen molar-refractivity contribution in [3.05, 3.63) is 35.1 Å². The maximum absolute atomic E-state index is 13.3. The van der Waals surface area contributed by atoms with Gasteiger partial charge in [0.1, 0.15) is 5.82 Å². The summed E-state index contributed by atoms with van der Waals surface area (Å²) in [7, 11) is -3.36. The first kappa shape index (κ1) is 14.9. The molecule has 4 nitrogen and oxygen atoms in total. The molecule has 1 aliphatic carbocycles. The molecule has 6 heteroatoms. The minimum Gasteiger partial charge on any atom is -0.378 e. The zero-order valence-corrected chi connectivity index (χ0v) is 12.7. The van der Waals surface area contributed by atoms with E-state index in [2.05, 4.69) is 4.72 Å². The molecule has 3 rings (SSSR count). The average Bonchev–Trinajstić information content (AvgIpc) is 3.07. The SMILES string of the molecule is O=S(=O)(CCC1CCCO1)NC1CCc2ccc(F)cc21. The third kappa shape index (κ3) is 3.62. The quantitative estimate of drug-likeness (QED) is 0.907. The van der Waals surface area contributed by atoms with Crippen molar-refractivity contribution in [3.63, 3.8) is 0 Å². The summed E-state index contributed by atoms with van der Waals surface area (Å²) in [4.78, 5) is 0. The summed E-state index contributed by atoms with van der Waals surface area (Å²) in [6.45, 7) is 0.730. The summed E-state index contributed by atoms with van der Waals surface area (Å²) in [6, 6.07) is 4.30. The van der Waals surface area contributed by atoms with Crippen LogP contribution in [0.15, 0.2) is 18.2 Å². The van der Waals surface area contributed by atoms with Gasteiger partial charge in [0.2, 0.25) is 10.0 Å². The lowest BCUT2D eigenvalue weighted by molar-refractivity contribution is 0.108. The van der Waals surface area contributed by atoms with Crippen LogP contribution in [0.25, 0.3) is 0 Å². The normalized spacial score (nSPS) is 25.2. The van der Waals surface area contributed by atoms with Gasteiger partial charge in [-0.15, -0.1) is 0 Å². The Morgan fingerprint density at radius 2 is 2.19 bits per heavy atom. The molecule has 0 aromatic heterocycles. The van der Waals surface area contributed by atoms with Crippen LogP contribution in [0.3, 0.4) is 0 Å². The highest BCUT2D eigenvalue weighted by Crippen LogP contribution is 2.32. The summed E-state index contributed by atoms with van der Waals surface area (Å²) in [5.41, 5.74) is 1.80. The highest BCUT2D eigenvalue weighted by Gasteiger charge is 2.27. The fraction of sp³-hybridized carbons (Fsp3) is 0.600. The van der Waals surface area contributed by atoms with Gasteiger partial charge >= 0.3 is 0 Å². The minimum atomic E-state index is -3.36. The van der Waals surface area contributed by atoms with Crippen LogP contribution in [0.1, 0.15) is 42.9 Å². The van der Waals surface area contributed by atoms with E-state index < -0.39 is 10.0 Å². The number of sulfonamides is 1. The lowest BCUT2D eigenvalue weighted by Gasteiger charge is -2.16. The van der Waals surface area contributed by atoms with Gasteiger partial charge < -0.3 is 4.74 Å². The van der Waals surface area contributed by atoms with E-state index in [9.17, 15) is 12.8 Å². The van der Waals surface area contributed by atoms with Crippen molar-refractivity contribution in [2.45, 2.75) is 44.2 Å². The van der Waals surface area contributed by atoms with Crippen LogP contribution in [-0.4, -0.2) is 26.9 Å². The second-order valence-corrected chi connectivity index (χ2v) is 7.67. The van der Waals surface area contributed by atoms with Crippen LogP contribution < -0.4 is 4.72 Å². The molecule has 2 unspecified atom stereocenters. The van der Waals surface area contributed by atoms with Crippen LogP contribution in [-0.2, 0) is 21.2 Å². The number of ether oxygens (including phenoxy) is 1. The molecule has 1 fully saturated rings. The fourth-order valence-electron chi connectivity index (χ4n) is 3.13. The molecule has 1 aliphatic heterocycles. The Balaban J connectivity index is 1.62. The van der Waals surface area contributed by atoms with Crippen molar-refractivity contribution >= 4 is 10.0 Å². The third-order valence-electron chi connectivity index (χ3n) is 4.24. The molecule has 0 spiro atoms. The molecular formula is C15H20FNO3S. The Morgan fingerprint density at radius 3 is 2.95 bits per heavy atom. The number of rotatable bonds is 5. The molecule has 0 radical (unpaired) electrons. The Morgan fingerprint density at radius 1 is 1.33 bits per heavy atom. The van der Waals surface area contributed by atoms with Crippen LogP contribution in [0.5, 0.6) is 0 Å². The summed E-state index contributed by atoms with van der Waals surface area (Å²) < 4.78 is 45.8. The van der Waals surface area contributed by atoms with Crippen LogP contribution in [0, 0.1) is 5.82 Å². The molecule has 1 saturated heterocycles. The molecule has 1 heterocycles. The summed E-state index contributed by atoms with van der Waals surface area (Å²) >= 11 is 0. The highest BCUT2D eigenvalue weighted by atomic mass is 32.2. The second kappa shape index (κ2) is 6.02. The molecule has 0 amide bonds. The first-order valence-electron chi connectivity index (χ1n) is 7.43. The molecule has 0 saturated carbocycles. The monoisotopic (exact) mass is 313 g/mol. The van der Waals surface area contributed by atoms with Crippen LogP contribution in [0.2, 0.25) is 0 Å². The van der Waals surface area contributed by atoms with Gasteiger partial charge in [0.05, 0.1) is 11.9 Å². The van der Waals surface area contributed by atoms with Crippen molar-refractivity contribution in [2.75, 3.05) is 12.4 Å². The molecule has 0 bridgehead atoms. The van der Waals surface area contributed by atoms with E-state index in [4.69, 9.17) is 4.74 Å². The molecule has 2 aliphatic rings. The van der Waals surface area contributed by atoms with Crippen molar-refractivity contribution in [1.29, 1.82) is 0 Å². The van der Waals surface area contributed by atoms with Gasteiger partial charge in [-0.3, -0.25) is 0 Å². The number of nitrogens with one attached hydrogen (secondary N) is 1. The molecular weight excluding hydrogens is 293 g/mol. The number of hydrogen-bond acceptors (Lipinski definition) is 3. The van der Waals surface area contributed by atoms with E-state index in [-0.39, 0.29) is 23.7 Å². The standard InChI is InChI=1S/C15H20FNO3S/c16-12-5-3-11-4-6-15(14(11)10-12)17-21(18,19)9-7-13-2-1-8-20-13/h3,5,10,13,15,17H,1-2,4,6-9H2. The summed E-state index contributed by atoms with van der Waals surface area (Å²) in [6.07, 6.45) is 4.01. The fourth-order valence-corrected chi connectivity index (χ4v) is 4.50. The van der Waals surface area contributed by atoms with Gasteiger partial charge in [-0.25, -0.2) is 17.5 Å². The maximum atomic E-state index is 13.3. The Kier molecular flexibility index (Phi) is 4.28. The zero-order valence-electron chi connectivity index (χ0n) is 11.8. The molecule has 21 heavy (non-hydrogen) atoms. The Bertz CT molecular complexity index is 611.